The zero-order valence-corrected chi connectivity index (χ0v) is 10.5. The minimum Gasteiger partial charge on any atom is -0.379 e. The van der Waals surface area contributed by atoms with Crippen molar-refractivity contribution in [2.24, 2.45) is 5.73 Å². The Balaban J connectivity index is 1.96. The molecule has 5 nitrogen and oxygen atoms in total. The highest BCUT2D eigenvalue weighted by atomic mass is 19.1. The molecule has 0 radical (unpaired) electrons. The Morgan fingerprint density at radius 2 is 2.21 bits per heavy atom. The molecule has 1 saturated heterocycles. The van der Waals surface area contributed by atoms with E-state index in [9.17, 15) is 4.39 Å². The molecule has 0 aliphatic carbocycles. The van der Waals surface area contributed by atoms with E-state index in [2.05, 4.69) is 10.1 Å². The number of nitrogens with two attached hydrogens (primary N) is 1. The number of aromatic nitrogens is 2. The number of hydrogen-bond acceptors (Lipinski definition) is 5. The van der Waals surface area contributed by atoms with Crippen molar-refractivity contribution in [1.82, 2.24) is 10.1 Å². The second-order valence-corrected chi connectivity index (χ2v) is 4.90. The average Bonchev–Trinajstić information content (AvgIpc) is 2.96. The molecular weight excluding hydrogens is 249 g/mol. The van der Waals surface area contributed by atoms with Gasteiger partial charge in [0.2, 0.25) is 11.7 Å². The van der Waals surface area contributed by atoms with Crippen molar-refractivity contribution in [1.29, 1.82) is 0 Å². The predicted octanol–water partition coefficient (Wildman–Crippen LogP) is 1.76. The number of ether oxygens (including phenoxy) is 1. The monoisotopic (exact) mass is 263 g/mol. The summed E-state index contributed by atoms with van der Waals surface area (Å²) in [6, 6.07) is 4.61. The molecule has 2 aromatic rings. The van der Waals surface area contributed by atoms with Crippen LogP contribution < -0.4 is 5.73 Å². The van der Waals surface area contributed by atoms with E-state index in [0.717, 1.165) is 5.56 Å². The minimum absolute atomic E-state index is 0.326. The van der Waals surface area contributed by atoms with Gasteiger partial charge in [-0.2, -0.15) is 4.98 Å². The summed E-state index contributed by atoms with van der Waals surface area (Å²) in [7, 11) is 0. The fourth-order valence-corrected chi connectivity index (χ4v) is 2.16. The number of hydrogen-bond donors (Lipinski definition) is 1. The van der Waals surface area contributed by atoms with Crippen molar-refractivity contribution in [2.75, 3.05) is 13.2 Å². The van der Waals surface area contributed by atoms with Crippen molar-refractivity contribution >= 4 is 0 Å². The van der Waals surface area contributed by atoms with E-state index >= 15 is 0 Å². The predicted molar refractivity (Wildman–Crippen MR) is 65.7 cm³/mol. The molecule has 1 unspecified atom stereocenters. The second-order valence-electron chi connectivity index (χ2n) is 4.90. The van der Waals surface area contributed by atoms with Gasteiger partial charge in [0.1, 0.15) is 11.4 Å². The summed E-state index contributed by atoms with van der Waals surface area (Å²) in [5.74, 6) is 0.351. The molecule has 1 fully saturated rings. The Kier molecular flexibility index (Phi) is 2.83. The van der Waals surface area contributed by atoms with Gasteiger partial charge in [-0.3, -0.25) is 0 Å². The lowest BCUT2D eigenvalue weighted by Gasteiger charge is -2.14. The molecule has 6 heteroatoms. The van der Waals surface area contributed by atoms with Crippen molar-refractivity contribution in [2.45, 2.75) is 18.9 Å². The molecule has 3 rings (SSSR count). The second kappa shape index (κ2) is 4.40. The molecule has 0 amide bonds. The summed E-state index contributed by atoms with van der Waals surface area (Å²) < 4.78 is 23.8. The smallest absolute Gasteiger partial charge is 0.249 e. The molecule has 1 aliphatic rings. The Morgan fingerprint density at radius 1 is 1.37 bits per heavy atom. The fraction of sp³-hybridized carbons (Fsp3) is 0.385. The van der Waals surface area contributed by atoms with Crippen LogP contribution in [0.4, 0.5) is 4.39 Å². The molecule has 2 N–H and O–H groups in total. The number of nitrogens with zero attached hydrogens (tertiary/aromatic N) is 2. The van der Waals surface area contributed by atoms with Crippen LogP contribution in [-0.2, 0) is 10.3 Å². The van der Waals surface area contributed by atoms with Crippen LogP contribution in [0.3, 0.4) is 0 Å². The first-order valence-corrected chi connectivity index (χ1v) is 6.05. The minimum atomic E-state index is -0.729. The van der Waals surface area contributed by atoms with Crippen LogP contribution in [0.1, 0.15) is 17.9 Å². The first kappa shape index (κ1) is 12.3. The number of halogens is 1. The van der Waals surface area contributed by atoms with Crippen molar-refractivity contribution < 1.29 is 13.7 Å². The third-order valence-electron chi connectivity index (χ3n) is 3.20. The molecule has 1 atom stereocenters. The van der Waals surface area contributed by atoms with Gasteiger partial charge in [0.05, 0.1) is 6.61 Å². The Hall–Kier alpha value is -1.79. The fourth-order valence-electron chi connectivity index (χ4n) is 2.16. The van der Waals surface area contributed by atoms with Gasteiger partial charge in [-0.05, 0) is 37.1 Å². The summed E-state index contributed by atoms with van der Waals surface area (Å²) >= 11 is 0. The Labute approximate surface area is 109 Å². The number of aryl methyl sites for hydroxylation is 1. The molecule has 1 aliphatic heterocycles. The van der Waals surface area contributed by atoms with E-state index in [1.54, 1.807) is 6.07 Å². The summed E-state index contributed by atoms with van der Waals surface area (Å²) in [5, 5.41) is 3.87. The first-order valence-electron chi connectivity index (χ1n) is 6.05. The largest absolute Gasteiger partial charge is 0.379 e. The zero-order chi connectivity index (χ0) is 13.5. The first-order chi connectivity index (χ1) is 9.07. The van der Waals surface area contributed by atoms with E-state index < -0.39 is 5.54 Å². The number of benzene rings is 1. The standard InChI is InChI=1S/C13H14FN3O2/c1-8-4-9(6-10(14)5-8)11-16-12(19-17-11)13(15)2-3-18-7-13/h4-6H,2-3,7,15H2,1H3. The van der Waals surface area contributed by atoms with Gasteiger partial charge >= 0.3 is 0 Å². The molecule has 1 aromatic carbocycles. The van der Waals surface area contributed by atoms with E-state index in [1.807, 2.05) is 6.92 Å². The average molecular weight is 263 g/mol. The lowest BCUT2D eigenvalue weighted by molar-refractivity contribution is 0.166. The van der Waals surface area contributed by atoms with Crippen molar-refractivity contribution in [3.63, 3.8) is 0 Å². The van der Waals surface area contributed by atoms with E-state index in [-0.39, 0.29) is 5.82 Å². The van der Waals surface area contributed by atoms with Gasteiger partial charge in [-0.1, -0.05) is 5.16 Å². The summed E-state index contributed by atoms with van der Waals surface area (Å²) in [4.78, 5) is 4.27. The molecule has 2 heterocycles. The van der Waals surface area contributed by atoms with Gasteiger partial charge in [-0.25, -0.2) is 4.39 Å². The topological polar surface area (TPSA) is 74.2 Å². The maximum Gasteiger partial charge on any atom is 0.249 e. The van der Waals surface area contributed by atoms with Crippen LogP contribution in [0.15, 0.2) is 22.7 Å². The van der Waals surface area contributed by atoms with Crippen LogP contribution in [-0.4, -0.2) is 23.4 Å². The molecule has 1 aromatic heterocycles. The van der Waals surface area contributed by atoms with E-state index in [4.69, 9.17) is 15.0 Å². The van der Waals surface area contributed by atoms with Gasteiger partial charge in [0.25, 0.3) is 0 Å². The molecule has 0 saturated carbocycles. The van der Waals surface area contributed by atoms with Gasteiger partial charge in [0, 0.05) is 12.2 Å². The van der Waals surface area contributed by atoms with E-state index in [0.29, 0.717) is 36.9 Å². The molecular formula is C13H14FN3O2. The Bertz CT molecular complexity index is 585. The quantitative estimate of drug-likeness (QED) is 0.893. The van der Waals surface area contributed by atoms with Crippen LogP contribution >= 0.6 is 0 Å². The SMILES string of the molecule is Cc1cc(F)cc(-c2noc(C3(N)CCOC3)n2)c1. The zero-order valence-electron chi connectivity index (χ0n) is 10.5. The summed E-state index contributed by atoms with van der Waals surface area (Å²) in [6.45, 7) is 2.74. The molecule has 19 heavy (non-hydrogen) atoms. The van der Waals surface area contributed by atoms with Crippen LogP contribution in [0, 0.1) is 12.7 Å². The van der Waals surface area contributed by atoms with Crippen molar-refractivity contribution in [3.05, 3.63) is 35.5 Å². The van der Waals surface area contributed by atoms with Gasteiger partial charge in [0.15, 0.2) is 0 Å². The maximum atomic E-state index is 13.4. The molecule has 0 bridgehead atoms. The maximum absolute atomic E-state index is 13.4. The summed E-state index contributed by atoms with van der Waals surface area (Å²) in [5.41, 5.74) is 6.79. The summed E-state index contributed by atoms with van der Waals surface area (Å²) in [6.07, 6.45) is 0.636. The van der Waals surface area contributed by atoms with E-state index in [1.165, 1.54) is 12.1 Å². The highest BCUT2D eigenvalue weighted by Gasteiger charge is 2.38. The lowest BCUT2D eigenvalue weighted by Crippen LogP contribution is -2.37. The third kappa shape index (κ3) is 2.24. The molecule has 0 spiro atoms. The lowest BCUT2D eigenvalue weighted by atomic mass is 10.0. The highest BCUT2D eigenvalue weighted by molar-refractivity contribution is 5.55. The molecule has 100 valence electrons. The van der Waals surface area contributed by atoms with Crippen LogP contribution in [0.2, 0.25) is 0 Å². The highest BCUT2D eigenvalue weighted by Crippen LogP contribution is 2.28. The van der Waals surface area contributed by atoms with Crippen molar-refractivity contribution in [3.8, 4) is 11.4 Å². The Morgan fingerprint density at radius 3 is 2.89 bits per heavy atom. The normalized spacial score (nSPS) is 22.9. The van der Waals surface area contributed by atoms with Gasteiger partial charge < -0.3 is 15.0 Å². The van der Waals surface area contributed by atoms with Gasteiger partial charge in [-0.15, -0.1) is 0 Å². The van der Waals surface area contributed by atoms with Crippen LogP contribution in [0.5, 0.6) is 0 Å². The number of rotatable bonds is 2. The third-order valence-corrected chi connectivity index (χ3v) is 3.20. The van der Waals surface area contributed by atoms with Crippen LogP contribution in [0.25, 0.3) is 11.4 Å².